The number of rotatable bonds is 2. The highest BCUT2D eigenvalue weighted by Gasteiger charge is 2.60. The normalized spacial score (nSPS) is 43.9. The summed E-state index contributed by atoms with van der Waals surface area (Å²) in [6.07, 6.45) is 7.41. The van der Waals surface area contributed by atoms with E-state index in [9.17, 15) is 0 Å². The largest absolute Gasteiger partial charge is 0.371 e. The summed E-state index contributed by atoms with van der Waals surface area (Å²) in [5.41, 5.74) is 1.97. The summed E-state index contributed by atoms with van der Waals surface area (Å²) >= 11 is 0. The molecule has 1 heterocycles. The average Bonchev–Trinajstić information content (AvgIpc) is 2.78. The van der Waals surface area contributed by atoms with E-state index in [0.717, 1.165) is 38.1 Å². The fraction of sp³-hybridized carbons (Fsp3) is 0.882. The van der Waals surface area contributed by atoms with Crippen LogP contribution in [-0.2, 0) is 14.2 Å². The highest BCUT2D eigenvalue weighted by molar-refractivity contribution is 5.34. The van der Waals surface area contributed by atoms with E-state index in [1.54, 1.807) is 5.57 Å². The van der Waals surface area contributed by atoms with Crippen molar-refractivity contribution in [3.05, 3.63) is 11.6 Å². The highest BCUT2D eigenvalue weighted by Crippen LogP contribution is 2.63. The molecule has 0 radical (unpaired) electrons. The molecule has 2 saturated carbocycles. The van der Waals surface area contributed by atoms with Gasteiger partial charge in [-0.2, -0.15) is 0 Å². The van der Waals surface area contributed by atoms with Gasteiger partial charge in [-0.1, -0.05) is 11.6 Å². The predicted molar refractivity (Wildman–Crippen MR) is 76.3 cm³/mol. The third-order valence-electron chi connectivity index (χ3n) is 5.96. The van der Waals surface area contributed by atoms with Gasteiger partial charge in [0.2, 0.25) is 0 Å². The van der Waals surface area contributed by atoms with E-state index < -0.39 is 5.79 Å². The molecule has 0 unspecified atom stereocenters. The molecule has 3 atom stereocenters. The van der Waals surface area contributed by atoms with Crippen LogP contribution in [0.3, 0.4) is 0 Å². The first-order chi connectivity index (χ1) is 9.48. The van der Waals surface area contributed by atoms with E-state index >= 15 is 0 Å². The van der Waals surface area contributed by atoms with Crippen LogP contribution in [0.15, 0.2) is 11.6 Å². The van der Waals surface area contributed by atoms with Gasteiger partial charge in [0.1, 0.15) is 0 Å². The van der Waals surface area contributed by atoms with Crippen molar-refractivity contribution in [1.82, 2.24) is 0 Å². The number of ether oxygens (including phenoxy) is 3. The van der Waals surface area contributed by atoms with E-state index in [1.807, 2.05) is 13.8 Å². The van der Waals surface area contributed by atoms with Gasteiger partial charge in [0.15, 0.2) is 5.79 Å². The zero-order valence-corrected chi connectivity index (χ0v) is 12.9. The van der Waals surface area contributed by atoms with Gasteiger partial charge in [0.05, 0.1) is 18.8 Å². The molecule has 0 aromatic heterocycles. The Morgan fingerprint density at radius 1 is 1.30 bits per heavy atom. The summed E-state index contributed by atoms with van der Waals surface area (Å²) < 4.78 is 18.0. The minimum atomic E-state index is -0.400. The van der Waals surface area contributed by atoms with E-state index in [-0.39, 0.29) is 11.0 Å². The molecule has 1 spiro atoms. The minimum absolute atomic E-state index is 0.103. The molecule has 3 heteroatoms. The fourth-order valence-electron chi connectivity index (χ4n) is 4.87. The number of allylic oxidation sites excluding steroid dienone is 1. The summed E-state index contributed by atoms with van der Waals surface area (Å²) in [6, 6.07) is 0. The molecule has 3 nitrogen and oxygen atoms in total. The second kappa shape index (κ2) is 4.08. The zero-order valence-electron chi connectivity index (χ0n) is 12.9. The zero-order chi connectivity index (χ0) is 14.0. The van der Waals surface area contributed by atoms with Crippen LogP contribution in [0.2, 0.25) is 0 Å². The fourth-order valence-corrected chi connectivity index (χ4v) is 4.87. The first-order valence-electron chi connectivity index (χ1n) is 8.11. The molecule has 20 heavy (non-hydrogen) atoms. The van der Waals surface area contributed by atoms with Crippen molar-refractivity contribution in [3.63, 3.8) is 0 Å². The molecule has 0 N–H and O–H groups in total. The molecule has 112 valence electrons. The SMILES string of the molecule is CCO[C@@]12C=C3CC4(COC(C)(C)OC4)C[C@@H]3[C@@H]1CC2. The van der Waals surface area contributed by atoms with Crippen molar-refractivity contribution in [2.45, 2.75) is 57.8 Å². The third kappa shape index (κ3) is 1.76. The first kappa shape index (κ1) is 13.3. The highest BCUT2D eigenvalue weighted by atomic mass is 16.7. The molecule has 1 saturated heterocycles. The Balaban J connectivity index is 1.53. The van der Waals surface area contributed by atoms with Crippen molar-refractivity contribution in [2.24, 2.45) is 17.3 Å². The van der Waals surface area contributed by atoms with Crippen molar-refractivity contribution >= 4 is 0 Å². The molecule has 4 aliphatic rings. The lowest BCUT2D eigenvalue weighted by atomic mass is 9.66. The third-order valence-corrected chi connectivity index (χ3v) is 5.96. The molecule has 0 amide bonds. The van der Waals surface area contributed by atoms with Crippen molar-refractivity contribution < 1.29 is 14.2 Å². The maximum absolute atomic E-state index is 6.10. The molecule has 0 bridgehead atoms. The average molecular weight is 278 g/mol. The Bertz CT molecular complexity index is 443. The molecule has 0 aromatic rings. The van der Waals surface area contributed by atoms with Gasteiger partial charge < -0.3 is 14.2 Å². The number of fused-ring (bicyclic) bond motifs is 3. The first-order valence-corrected chi connectivity index (χ1v) is 8.11. The monoisotopic (exact) mass is 278 g/mol. The Labute approximate surface area is 121 Å². The van der Waals surface area contributed by atoms with Gasteiger partial charge in [-0.3, -0.25) is 0 Å². The molecular formula is C17H26O3. The van der Waals surface area contributed by atoms with E-state index in [2.05, 4.69) is 13.0 Å². The Hall–Kier alpha value is -0.380. The predicted octanol–water partition coefficient (Wildman–Crippen LogP) is 3.29. The van der Waals surface area contributed by atoms with Crippen LogP contribution in [0, 0.1) is 17.3 Å². The van der Waals surface area contributed by atoms with Crippen molar-refractivity contribution in [2.75, 3.05) is 19.8 Å². The molecule has 0 aromatic carbocycles. The lowest BCUT2D eigenvalue weighted by molar-refractivity contribution is -0.285. The van der Waals surface area contributed by atoms with Gasteiger partial charge in [-0.05, 0) is 58.3 Å². The quantitative estimate of drug-likeness (QED) is 0.725. The molecule has 1 aliphatic heterocycles. The van der Waals surface area contributed by atoms with Crippen molar-refractivity contribution in [1.29, 1.82) is 0 Å². The molecule has 4 rings (SSSR count). The molecular weight excluding hydrogens is 252 g/mol. The minimum Gasteiger partial charge on any atom is -0.371 e. The number of hydrogen-bond acceptors (Lipinski definition) is 3. The van der Waals surface area contributed by atoms with Crippen LogP contribution in [0.1, 0.15) is 46.5 Å². The van der Waals surface area contributed by atoms with Crippen molar-refractivity contribution in [3.8, 4) is 0 Å². The van der Waals surface area contributed by atoms with Gasteiger partial charge in [-0.25, -0.2) is 0 Å². The topological polar surface area (TPSA) is 27.7 Å². The Morgan fingerprint density at radius 3 is 2.65 bits per heavy atom. The van der Waals surface area contributed by atoms with Crippen LogP contribution < -0.4 is 0 Å². The summed E-state index contributed by atoms with van der Waals surface area (Å²) in [5.74, 6) is 1.05. The molecule has 3 aliphatic carbocycles. The number of hydrogen-bond donors (Lipinski definition) is 0. The van der Waals surface area contributed by atoms with Crippen LogP contribution >= 0.6 is 0 Å². The van der Waals surface area contributed by atoms with Gasteiger partial charge in [-0.15, -0.1) is 0 Å². The Morgan fingerprint density at radius 2 is 2.05 bits per heavy atom. The second-order valence-corrected chi connectivity index (χ2v) is 7.72. The summed E-state index contributed by atoms with van der Waals surface area (Å²) in [4.78, 5) is 0. The van der Waals surface area contributed by atoms with Crippen LogP contribution in [0.4, 0.5) is 0 Å². The Kier molecular flexibility index (Phi) is 2.72. The lowest BCUT2D eigenvalue weighted by Gasteiger charge is -2.48. The van der Waals surface area contributed by atoms with Gasteiger partial charge in [0, 0.05) is 12.0 Å². The van der Waals surface area contributed by atoms with E-state index in [1.165, 1.54) is 19.3 Å². The standard InChI is InChI=1S/C17H26O3/c1-4-18-17-6-5-14(17)13-9-16(7-12(13)8-17)10-19-15(2,3)20-11-16/h8,13-14H,4-7,9-11H2,1-3H3/t13-,14-,17-/m0/s1. The summed E-state index contributed by atoms with van der Waals surface area (Å²) in [5, 5.41) is 0. The molecule has 3 fully saturated rings. The smallest absolute Gasteiger partial charge is 0.162 e. The maximum atomic E-state index is 6.10. The van der Waals surface area contributed by atoms with Crippen LogP contribution in [-0.4, -0.2) is 31.2 Å². The summed E-state index contributed by atoms with van der Waals surface area (Å²) in [7, 11) is 0. The van der Waals surface area contributed by atoms with Gasteiger partial charge in [0.25, 0.3) is 0 Å². The van der Waals surface area contributed by atoms with E-state index in [0.29, 0.717) is 0 Å². The van der Waals surface area contributed by atoms with Gasteiger partial charge >= 0.3 is 0 Å². The lowest BCUT2D eigenvalue weighted by Crippen LogP contribution is -2.49. The van der Waals surface area contributed by atoms with Crippen LogP contribution in [0.5, 0.6) is 0 Å². The summed E-state index contributed by atoms with van der Waals surface area (Å²) in [6.45, 7) is 8.67. The maximum Gasteiger partial charge on any atom is 0.162 e. The second-order valence-electron chi connectivity index (χ2n) is 7.72. The van der Waals surface area contributed by atoms with E-state index in [4.69, 9.17) is 14.2 Å². The van der Waals surface area contributed by atoms with Crippen LogP contribution in [0.25, 0.3) is 0 Å².